The highest BCUT2D eigenvalue weighted by molar-refractivity contribution is 6.31. The Morgan fingerprint density at radius 3 is 2.23 bits per heavy atom. The highest BCUT2D eigenvalue weighted by atomic mass is 35.5. The lowest BCUT2D eigenvalue weighted by atomic mass is 10.2. The van der Waals surface area contributed by atoms with Crippen molar-refractivity contribution in [2.45, 2.75) is 19.9 Å². The van der Waals surface area contributed by atoms with Crippen molar-refractivity contribution in [2.24, 2.45) is 0 Å². The lowest BCUT2D eigenvalue weighted by Crippen LogP contribution is -2.32. The third-order valence-electron chi connectivity index (χ3n) is 4.39. The minimum Gasteiger partial charge on any atom is -0.374 e. The summed E-state index contributed by atoms with van der Waals surface area (Å²) in [6.45, 7) is 3.66. The molecule has 3 aromatic carbocycles. The number of aryl methyl sites for hydroxylation is 1. The first-order valence-electron chi connectivity index (χ1n) is 9.47. The van der Waals surface area contributed by atoms with Crippen LogP contribution in [0.2, 0.25) is 5.02 Å². The molecule has 0 aromatic heterocycles. The predicted molar refractivity (Wildman–Crippen MR) is 123 cm³/mol. The molecule has 30 heavy (non-hydrogen) atoms. The molecule has 0 spiro atoms. The van der Waals surface area contributed by atoms with E-state index in [1.165, 1.54) is 0 Å². The van der Waals surface area contributed by atoms with Crippen molar-refractivity contribution >= 4 is 46.3 Å². The molecule has 0 aliphatic heterocycles. The van der Waals surface area contributed by atoms with E-state index in [1.54, 1.807) is 49.4 Å². The predicted octanol–water partition coefficient (Wildman–Crippen LogP) is 5.73. The van der Waals surface area contributed by atoms with Crippen LogP contribution in [-0.2, 0) is 4.79 Å². The van der Waals surface area contributed by atoms with Crippen LogP contribution in [0.5, 0.6) is 0 Å². The first-order valence-corrected chi connectivity index (χ1v) is 9.85. The number of benzene rings is 3. The number of rotatable bonds is 6. The number of para-hydroxylation sites is 1. The first-order chi connectivity index (χ1) is 14.4. The van der Waals surface area contributed by atoms with Crippen LogP contribution in [-0.4, -0.2) is 18.0 Å². The van der Waals surface area contributed by atoms with E-state index in [9.17, 15) is 9.59 Å². The van der Waals surface area contributed by atoms with Gasteiger partial charge < -0.3 is 21.3 Å². The number of carbonyl (C=O) groups excluding carboxylic acids is 2. The van der Waals surface area contributed by atoms with Gasteiger partial charge in [0.05, 0.1) is 0 Å². The Morgan fingerprint density at radius 2 is 1.47 bits per heavy atom. The Bertz CT molecular complexity index is 1040. The van der Waals surface area contributed by atoms with Crippen LogP contribution in [0.3, 0.4) is 0 Å². The van der Waals surface area contributed by atoms with E-state index in [4.69, 9.17) is 11.6 Å². The summed E-state index contributed by atoms with van der Waals surface area (Å²) in [7, 11) is 0. The minimum atomic E-state index is -0.503. The fraction of sp³-hybridized carbons (Fsp3) is 0.130. The molecule has 0 bridgehead atoms. The van der Waals surface area contributed by atoms with Crippen LogP contribution in [0.25, 0.3) is 0 Å². The van der Waals surface area contributed by atoms with Gasteiger partial charge in [-0.1, -0.05) is 41.9 Å². The van der Waals surface area contributed by atoms with E-state index < -0.39 is 6.04 Å². The van der Waals surface area contributed by atoms with Crippen molar-refractivity contribution < 1.29 is 9.59 Å². The fourth-order valence-corrected chi connectivity index (χ4v) is 2.96. The summed E-state index contributed by atoms with van der Waals surface area (Å²) in [5.74, 6) is -0.194. The summed E-state index contributed by atoms with van der Waals surface area (Å²) in [5.41, 5.74) is 3.61. The number of hydrogen-bond acceptors (Lipinski definition) is 3. The van der Waals surface area contributed by atoms with Gasteiger partial charge in [-0.3, -0.25) is 4.79 Å². The number of urea groups is 1. The number of carbonyl (C=O) groups is 2. The second-order valence-corrected chi connectivity index (χ2v) is 7.28. The van der Waals surface area contributed by atoms with E-state index in [-0.39, 0.29) is 11.9 Å². The van der Waals surface area contributed by atoms with Gasteiger partial charge in [-0.15, -0.1) is 0 Å². The average Bonchev–Trinajstić information content (AvgIpc) is 2.71. The second kappa shape index (κ2) is 9.80. The summed E-state index contributed by atoms with van der Waals surface area (Å²) in [5, 5.41) is 12.1. The van der Waals surface area contributed by atoms with Crippen molar-refractivity contribution in [1.82, 2.24) is 0 Å². The van der Waals surface area contributed by atoms with E-state index in [0.717, 1.165) is 5.56 Å². The van der Waals surface area contributed by atoms with Crippen LogP contribution in [0, 0.1) is 6.92 Å². The van der Waals surface area contributed by atoms with Crippen molar-refractivity contribution in [3.8, 4) is 0 Å². The van der Waals surface area contributed by atoms with Gasteiger partial charge in [-0.05, 0) is 61.9 Å². The van der Waals surface area contributed by atoms with Gasteiger partial charge in [0.1, 0.15) is 6.04 Å². The third kappa shape index (κ3) is 5.99. The Labute approximate surface area is 180 Å². The molecule has 154 valence electrons. The van der Waals surface area contributed by atoms with Gasteiger partial charge in [0, 0.05) is 27.8 Å². The highest BCUT2D eigenvalue weighted by Crippen LogP contribution is 2.21. The molecule has 0 fully saturated rings. The molecule has 0 saturated carbocycles. The number of halogens is 1. The second-order valence-electron chi connectivity index (χ2n) is 6.84. The Balaban J connectivity index is 1.59. The molecule has 0 heterocycles. The van der Waals surface area contributed by atoms with E-state index >= 15 is 0 Å². The van der Waals surface area contributed by atoms with Gasteiger partial charge in [-0.2, -0.15) is 0 Å². The van der Waals surface area contributed by atoms with Crippen LogP contribution >= 0.6 is 11.6 Å². The third-order valence-corrected chi connectivity index (χ3v) is 4.62. The average molecular weight is 423 g/mol. The van der Waals surface area contributed by atoms with E-state index in [1.807, 2.05) is 37.3 Å². The largest absolute Gasteiger partial charge is 0.374 e. The summed E-state index contributed by atoms with van der Waals surface area (Å²) in [4.78, 5) is 24.7. The van der Waals surface area contributed by atoms with Crippen LogP contribution in [0.15, 0.2) is 72.8 Å². The quantitative estimate of drug-likeness (QED) is 0.409. The molecule has 6 nitrogen and oxygen atoms in total. The smallest absolute Gasteiger partial charge is 0.323 e. The SMILES string of the molecule is Cc1ccc(Cl)cc1NC(=O)C(C)Nc1cccc(NC(=O)Nc2ccccc2)c1. The molecule has 4 N–H and O–H groups in total. The van der Waals surface area contributed by atoms with Gasteiger partial charge in [0.15, 0.2) is 0 Å². The summed E-state index contributed by atoms with van der Waals surface area (Å²) in [6, 6.07) is 20.8. The monoisotopic (exact) mass is 422 g/mol. The minimum absolute atomic E-state index is 0.194. The molecule has 3 aromatic rings. The highest BCUT2D eigenvalue weighted by Gasteiger charge is 2.14. The Kier molecular flexibility index (Phi) is 6.93. The van der Waals surface area contributed by atoms with E-state index in [0.29, 0.717) is 27.8 Å². The molecule has 3 amide bonds. The maximum atomic E-state index is 12.5. The molecule has 1 unspecified atom stereocenters. The molecule has 0 saturated heterocycles. The number of anilines is 4. The standard InChI is InChI=1S/C23H23ClN4O2/c1-15-11-12-17(24)13-21(15)28-22(29)16(2)25-19-9-6-10-20(14-19)27-23(30)26-18-7-4-3-5-8-18/h3-14,16,25H,1-2H3,(H,28,29)(H2,26,27,30). The number of amides is 3. The van der Waals surface area contributed by atoms with Crippen LogP contribution in [0.4, 0.5) is 27.5 Å². The van der Waals surface area contributed by atoms with Crippen LogP contribution in [0.1, 0.15) is 12.5 Å². The zero-order valence-corrected chi connectivity index (χ0v) is 17.5. The van der Waals surface area contributed by atoms with Gasteiger partial charge in [-0.25, -0.2) is 4.79 Å². The molecule has 3 rings (SSSR count). The zero-order valence-electron chi connectivity index (χ0n) is 16.7. The van der Waals surface area contributed by atoms with Crippen LogP contribution < -0.4 is 21.3 Å². The zero-order chi connectivity index (χ0) is 21.5. The molecular weight excluding hydrogens is 400 g/mol. The van der Waals surface area contributed by atoms with Crippen molar-refractivity contribution in [3.63, 3.8) is 0 Å². The Morgan fingerprint density at radius 1 is 0.800 bits per heavy atom. The summed E-state index contributed by atoms with van der Waals surface area (Å²) < 4.78 is 0. The lowest BCUT2D eigenvalue weighted by Gasteiger charge is -2.17. The topological polar surface area (TPSA) is 82.3 Å². The summed E-state index contributed by atoms with van der Waals surface area (Å²) in [6.07, 6.45) is 0. The molecule has 1 atom stereocenters. The maximum absolute atomic E-state index is 12.5. The Hall–Kier alpha value is -3.51. The summed E-state index contributed by atoms with van der Waals surface area (Å²) >= 11 is 6.01. The molecule has 0 aliphatic rings. The maximum Gasteiger partial charge on any atom is 0.323 e. The van der Waals surface area contributed by atoms with Gasteiger partial charge in [0.25, 0.3) is 0 Å². The molecule has 0 aliphatic carbocycles. The lowest BCUT2D eigenvalue weighted by molar-refractivity contribution is -0.116. The molecule has 0 radical (unpaired) electrons. The van der Waals surface area contributed by atoms with Crippen molar-refractivity contribution in [2.75, 3.05) is 21.3 Å². The number of nitrogens with one attached hydrogen (secondary N) is 4. The van der Waals surface area contributed by atoms with Gasteiger partial charge in [0.2, 0.25) is 5.91 Å². The van der Waals surface area contributed by atoms with Crippen molar-refractivity contribution in [1.29, 1.82) is 0 Å². The number of hydrogen-bond donors (Lipinski definition) is 4. The molecule has 7 heteroatoms. The van der Waals surface area contributed by atoms with Gasteiger partial charge >= 0.3 is 6.03 Å². The van der Waals surface area contributed by atoms with Crippen molar-refractivity contribution in [3.05, 3.63) is 83.4 Å². The van der Waals surface area contributed by atoms with E-state index in [2.05, 4.69) is 21.3 Å². The fourth-order valence-electron chi connectivity index (χ4n) is 2.79. The molecular formula is C23H23ClN4O2. The first kappa shape index (κ1) is 21.2. The normalized spacial score (nSPS) is 11.3.